The number of sulfonamides is 1. The first-order chi connectivity index (χ1) is 11.9. The van der Waals surface area contributed by atoms with Crippen molar-refractivity contribution in [2.45, 2.75) is 69.7 Å². The topological polar surface area (TPSA) is 66.5 Å². The van der Waals surface area contributed by atoms with Crippen LogP contribution in [0.5, 0.6) is 0 Å². The lowest BCUT2D eigenvalue weighted by Crippen LogP contribution is -2.33. The number of carbonyl (C=O) groups excluding carboxylic acids is 1. The molecule has 0 spiro atoms. The number of benzene rings is 1. The summed E-state index contributed by atoms with van der Waals surface area (Å²) in [6.45, 7) is 4.02. The van der Waals surface area contributed by atoms with E-state index in [1.54, 1.807) is 30.0 Å². The van der Waals surface area contributed by atoms with Crippen LogP contribution in [0, 0.1) is 5.92 Å². The maximum atomic E-state index is 12.5. The fraction of sp³-hybridized carbons (Fsp3) is 0.632. The van der Waals surface area contributed by atoms with E-state index in [9.17, 15) is 13.2 Å². The first-order valence-corrected chi connectivity index (χ1v) is 10.8. The van der Waals surface area contributed by atoms with Crippen LogP contribution in [0.3, 0.4) is 0 Å². The van der Waals surface area contributed by atoms with Crippen molar-refractivity contribution in [1.82, 2.24) is 4.72 Å². The van der Waals surface area contributed by atoms with Gasteiger partial charge in [0.1, 0.15) is 0 Å². The second-order valence-electron chi connectivity index (χ2n) is 7.42. The standard InChI is InChI=1S/C19H28N2O3S/c1-14-12-17-13-18(9-10-19(17)21(14)15(2)22)25(23,24)20-11-5-8-16-6-3-4-7-16/h9-10,13-14,16,20H,3-8,11-12H2,1-2H3. The van der Waals surface area contributed by atoms with E-state index in [4.69, 9.17) is 0 Å². The van der Waals surface area contributed by atoms with Gasteiger partial charge in [0.05, 0.1) is 4.90 Å². The molecule has 25 heavy (non-hydrogen) atoms. The smallest absolute Gasteiger partial charge is 0.240 e. The Balaban J connectivity index is 1.63. The number of rotatable bonds is 6. The summed E-state index contributed by atoms with van der Waals surface area (Å²) in [6.07, 6.45) is 7.93. The molecule has 1 fully saturated rings. The van der Waals surface area contributed by atoms with Gasteiger partial charge in [-0.3, -0.25) is 4.79 Å². The van der Waals surface area contributed by atoms with Gasteiger partial charge in [-0.1, -0.05) is 25.7 Å². The molecular weight excluding hydrogens is 336 g/mol. The fourth-order valence-electron chi connectivity index (χ4n) is 4.23. The molecule has 1 aliphatic carbocycles. The molecule has 1 amide bonds. The molecule has 0 aromatic heterocycles. The highest BCUT2D eigenvalue weighted by Crippen LogP contribution is 2.34. The highest BCUT2D eigenvalue weighted by Gasteiger charge is 2.30. The molecule has 5 nitrogen and oxygen atoms in total. The molecule has 0 bridgehead atoms. The van der Waals surface area contributed by atoms with Gasteiger partial charge >= 0.3 is 0 Å². The monoisotopic (exact) mass is 364 g/mol. The summed E-state index contributed by atoms with van der Waals surface area (Å²) in [6, 6.07) is 5.15. The molecule has 6 heteroatoms. The Labute approximate surface area is 150 Å². The molecule has 1 atom stereocenters. The van der Waals surface area contributed by atoms with Crippen LogP contribution in [-0.2, 0) is 21.2 Å². The van der Waals surface area contributed by atoms with Crippen molar-refractivity contribution in [1.29, 1.82) is 0 Å². The molecular formula is C19H28N2O3S. The highest BCUT2D eigenvalue weighted by molar-refractivity contribution is 7.89. The molecule has 138 valence electrons. The van der Waals surface area contributed by atoms with Crippen molar-refractivity contribution in [3.63, 3.8) is 0 Å². The molecule has 1 heterocycles. The largest absolute Gasteiger partial charge is 0.309 e. The first kappa shape index (κ1) is 18.4. The van der Waals surface area contributed by atoms with Crippen LogP contribution in [0.4, 0.5) is 5.69 Å². The lowest BCUT2D eigenvalue weighted by Gasteiger charge is -2.20. The van der Waals surface area contributed by atoms with Gasteiger partial charge in [-0.2, -0.15) is 0 Å². The van der Waals surface area contributed by atoms with E-state index in [0.717, 1.165) is 30.0 Å². The molecule has 1 aliphatic heterocycles. The third-order valence-electron chi connectivity index (χ3n) is 5.47. The maximum Gasteiger partial charge on any atom is 0.240 e. The Morgan fingerprint density at radius 1 is 1.28 bits per heavy atom. The molecule has 2 aliphatic rings. The van der Waals surface area contributed by atoms with Crippen LogP contribution >= 0.6 is 0 Å². The van der Waals surface area contributed by atoms with Crippen LogP contribution in [0.25, 0.3) is 0 Å². The first-order valence-electron chi connectivity index (χ1n) is 9.31. The molecule has 1 saturated carbocycles. The van der Waals surface area contributed by atoms with Gasteiger partial charge in [-0.15, -0.1) is 0 Å². The van der Waals surface area contributed by atoms with E-state index in [1.807, 2.05) is 6.92 Å². The van der Waals surface area contributed by atoms with Crippen molar-refractivity contribution in [2.24, 2.45) is 5.92 Å². The Bertz CT molecular complexity index is 739. The molecule has 1 aromatic rings. The van der Waals surface area contributed by atoms with Crippen molar-refractivity contribution in [3.8, 4) is 0 Å². The summed E-state index contributed by atoms with van der Waals surface area (Å²) >= 11 is 0. The highest BCUT2D eigenvalue weighted by atomic mass is 32.2. The Hall–Kier alpha value is -1.40. The zero-order valence-corrected chi connectivity index (χ0v) is 15.9. The molecule has 1 aromatic carbocycles. The number of carbonyl (C=O) groups is 1. The van der Waals surface area contributed by atoms with Crippen molar-refractivity contribution >= 4 is 21.6 Å². The second kappa shape index (κ2) is 7.46. The third kappa shape index (κ3) is 4.06. The lowest BCUT2D eigenvalue weighted by molar-refractivity contribution is -0.116. The summed E-state index contributed by atoms with van der Waals surface area (Å²) in [5.41, 5.74) is 1.76. The zero-order chi connectivity index (χ0) is 18.0. The number of nitrogens with one attached hydrogen (secondary N) is 1. The molecule has 0 radical (unpaired) electrons. The summed E-state index contributed by atoms with van der Waals surface area (Å²) in [4.78, 5) is 13.8. The lowest BCUT2D eigenvalue weighted by atomic mass is 10.0. The number of hydrogen-bond acceptors (Lipinski definition) is 3. The Morgan fingerprint density at radius 3 is 2.68 bits per heavy atom. The Morgan fingerprint density at radius 2 is 2.00 bits per heavy atom. The van der Waals surface area contributed by atoms with E-state index in [2.05, 4.69) is 4.72 Å². The minimum atomic E-state index is -3.49. The van der Waals surface area contributed by atoms with Crippen LogP contribution in [0.2, 0.25) is 0 Å². The van der Waals surface area contributed by atoms with Gasteiger partial charge in [-0.05, 0) is 55.9 Å². The van der Waals surface area contributed by atoms with E-state index in [1.165, 1.54) is 25.7 Å². The number of amides is 1. The Kier molecular flexibility index (Phi) is 5.49. The van der Waals surface area contributed by atoms with Gasteiger partial charge in [-0.25, -0.2) is 13.1 Å². The van der Waals surface area contributed by atoms with E-state index < -0.39 is 10.0 Å². The summed E-state index contributed by atoms with van der Waals surface area (Å²) in [5.74, 6) is 0.774. The number of fused-ring (bicyclic) bond motifs is 1. The molecule has 3 rings (SSSR count). The average Bonchev–Trinajstić information content (AvgIpc) is 3.17. The predicted molar refractivity (Wildman–Crippen MR) is 99.1 cm³/mol. The minimum absolute atomic E-state index is 0.00750. The van der Waals surface area contributed by atoms with Crippen LogP contribution in [0.15, 0.2) is 23.1 Å². The fourth-order valence-corrected chi connectivity index (χ4v) is 5.36. The van der Waals surface area contributed by atoms with Crippen LogP contribution < -0.4 is 9.62 Å². The maximum absolute atomic E-state index is 12.5. The third-order valence-corrected chi connectivity index (χ3v) is 6.93. The summed E-state index contributed by atoms with van der Waals surface area (Å²) < 4.78 is 27.8. The minimum Gasteiger partial charge on any atom is -0.309 e. The SMILES string of the molecule is CC(=O)N1c2ccc(S(=O)(=O)NCCCC3CCCC3)cc2CC1C. The normalized spacial score (nSPS) is 20.9. The van der Waals surface area contributed by atoms with Gasteiger partial charge in [0.2, 0.25) is 15.9 Å². The quantitative estimate of drug-likeness (QED) is 0.788. The average molecular weight is 365 g/mol. The zero-order valence-electron chi connectivity index (χ0n) is 15.1. The van der Waals surface area contributed by atoms with Gasteiger partial charge in [0.25, 0.3) is 0 Å². The molecule has 1 unspecified atom stereocenters. The van der Waals surface area contributed by atoms with Crippen LogP contribution in [-0.4, -0.2) is 26.9 Å². The van der Waals surface area contributed by atoms with Gasteiger partial charge in [0.15, 0.2) is 0 Å². The van der Waals surface area contributed by atoms with E-state index >= 15 is 0 Å². The van der Waals surface area contributed by atoms with Gasteiger partial charge in [0, 0.05) is 25.2 Å². The predicted octanol–water partition coefficient (Wildman–Crippen LogP) is 3.23. The number of nitrogens with zero attached hydrogens (tertiary/aromatic N) is 1. The van der Waals surface area contributed by atoms with Crippen molar-refractivity contribution in [2.75, 3.05) is 11.4 Å². The van der Waals surface area contributed by atoms with Crippen molar-refractivity contribution in [3.05, 3.63) is 23.8 Å². The van der Waals surface area contributed by atoms with Crippen LogP contribution in [0.1, 0.15) is 57.9 Å². The molecule has 1 N–H and O–H groups in total. The number of anilines is 1. The van der Waals surface area contributed by atoms with E-state index in [-0.39, 0.29) is 11.9 Å². The molecule has 0 saturated heterocycles. The van der Waals surface area contributed by atoms with E-state index in [0.29, 0.717) is 17.9 Å². The second-order valence-corrected chi connectivity index (χ2v) is 9.19. The van der Waals surface area contributed by atoms with Gasteiger partial charge < -0.3 is 4.90 Å². The number of hydrogen-bond donors (Lipinski definition) is 1. The van der Waals surface area contributed by atoms with Crippen molar-refractivity contribution < 1.29 is 13.2 Å². The summed E-state index contributed by atoms with van der Waals surface area (Å²) in [5, 5.41) is 0. The summed E-state index contributed by atoms with van der Waals surface area (Å²) in [7, 11) is -3.49.